The van der Waals surface area contributed by atoms with Crippen LogP contribution >= 0.6 is 11.6 Å². The van der Waals surface area contributed by atoms with Crippen LogP contribution in [0.15, 0.2) is 40.9 Å². The van der Waals surface area contributed by atoms with E-state index < -0.39 is 5.82 Å². The molecule has 0 saturated carbocycles. The molecule has 3 aromatic rings. The average molecular weight is 378 g/mol. The van der Waals surface area contributed by atoms with E-state index in [1.807, 2.05) is 14.0 Å². The lowest BCUT2D eigenvalue weighted by Gasteiger charge is -2.06. The van der Waals surface area contributed by atoms with Crippen LogP contribution in [0.25, 0.3) is 0 Å². The Morgan fingerprint density at radius 1 is 1.38 bits per heavy atom. The molecule has 26 heavy (non-hydrogen) atoms. The molecule has 0 aliphatic rings. The summed E-state index contributed by atoms with van der Waals surface area (Å²) in [6, 6.07) is 7.06. The maximum absolute atomic E-state index is 13.0. The van der Waals surface area contributed by atoms with Gasteiger partial charge in [0.2, 0.25) is 0 Å². The van der Waals surface area contributed by atoms with Gasteiger partial charge in [0, 0.05) is 24.8 Å². The number of hydrogen-bond donors (Lipinski definition) is 1. The standard InChI is InChI=1S/C18H17ClFN3O3/c1-11-12(9-22-23(11)2)8-21-18(24)17-6-4-14(26-17)10-25-16-5-3-13(20)7-15(16)19/h3-7,9H,8,10H2,1-2H3,(H,21,24). The van der Waals surface area contributed by atoms with E-state index >= 15 is 0 Å². The van der Waals surface area contributed by atoms with Crippen molar-refractivity contribution >= 4 is 17.5 Å². The summed E-state index contributed by atoms with van der Waals surface area (Å²) in [5.74, 6) is 0.188. The van der Waals surface area contributed by atoms with Gasteiger partial charge in [-0.25, -0.2) is 4.39 Å². The van der Waals surface area contributed by atoms with Gasteiger partial charge in [-0.15, -0.1) is 0 Å². The molecule has 0 bridgehead atoms. The van der Waals surface area contributed by atoms with Crippen molar-refractivity contribution < 1.29 is 18.3 Å². The lowest BCUT2D eigenvalue weighted by molar-refractivity contribution is 0.0919. The van der Waals surface area contributed by atoms with Gasteiger partial charge in [0.1, 0.15) is 23.9 Å². The number of halogens is 2. The Kier molecular flexibility index (Phi) is 5.27. The lowest BCUT2D eigenvalue weighted by atomic mass is 10.2. The van der Waals surface area contributed by atoms with Crippen LogP contribution in [0, 0.1) is 12.7 Å². The molecule has 0 saturated heterocycles. The summed E-state index contributed by atoms with van der Waals surface area (Å²) in [6.07, 6.45) is 1.71. The highest BCUT2D eigenvalue weighted by Gasteiger charge is 2.13. The molecule has 1 amide bonds. The molecule has 1 N–H and O–H groups in total. The van der Waals surface area contributed by atoms with Crippen LogP contribution in [0.2, 0.25) is 5.02 Å². The first-order chi connectivity index (χ1) is 12.4. The van der Waals surface area contributed by atoms with E-state index in [-0.39, 0.29) is 23.3 Å². The number of aromatic nitrogens is 2. The molecule has 6 nitrogen and oxygen atoms in total. The smallest absolute Gasteiger partial charge is 0.287 e. The molecule has 0 unspecified atom stereocenters. The van der Waals surface area contributed by atoms with Crippen LogP contribution < -0.4 is 10.1 Å². The minimum absolute atomic E-state index is 0.0698. The fourth-order valence-corrected chi connectivity index (χ4v) is 2.52. The van der Waals surface area contributed by atoms with E-state index in [4.69, 9.17) is 20.8 Å². The van der Waals surface area contributed by atoms with Crippen molar-refractivity contribution in [2.24, 2.45) is 7.05 Å². The molecule has 2 aromatic heterocycles. The van der Waals surface area contributed by atoms with Crippen LogP contribution in [-0.2, 0) is 20.2 Å². The fraction of sp³-hybridized carbons (Fsp3) is 0.222. The Labute approximate surface area is 154 Å². The van der Waals surface area contributed by atoms with Crippen molar-refractivity contribution in [1.29, 1.82) is 0 Å². The van der Waals surface area contributed by atoms with E-state index in [2.05, 4.69) is 10.4 Å². The largest absolute Gasteiger partial charge is 0.484 e. The van der Waals surface area contributed by atoms with Crippen LogP contribution in [0.3, 0.4) is 0 Å². The summed E-state index contributed by atoms with van der Waals surface area (Å²) in [7, 11) is 1.84. The highest BCUT2D eigenvalue weighted by Crippen LogP contribution is 2.26. The van der Waals surface area contributed by atoms with Gasteiger partial charge in [-0.1, -0.05) is 11.6 Å². The van der Waals surface area contributed by atoms with Gasteiger partial charge in [-0.3, -0.25) is 9.48 Å². The predicted octanol–water partition coefficient (Wildman–Crippen LogP) is 3.62. The second-order valence-corrected chi connectivity index (χ2v) is 6.10. The number of carbonyl (C=O) groups excluding carboxylic acids is 1. The first kappa shape index (κ1) is 18.0. The number of rotatable bonds is 6. The minimum Gasteiger partial charge on any atom is -0.484 e. The van der Waals surface area contributed by atoms with E-state index in [1.165, 1.54) is 18.2 Å². The SMILES string of the molecule is Cc1c(CNC(=O)c2ccc(COc3ccc(F)cc3Cl)o2)cnn1C. The molecule has 0 atom stereocenters. The molecule has 8 heteroatoms. The molecule has 0 spiro atoms. The van der Waals surface area contributed by atoms with Crippen molar-refractivity contribution in [3.63, 3.8) is 0 Å². The predicted molar refractivity (Wildman–Crippen MR) is 93.6 cm³/mol. The van der Waals surface area contributed by atoms with Gasteiger partial charge < -0.3 is 14.5 Å². The number of furan rings is 1. The number of benzene rings is 1. The first-order valence-corrected chi connectivity index (χ1v) is 8.24. The van der Waals surface area contributed by atoms with Crippen LogP contribution in [0.1, 0.15) is 27.6 Å². The molecule has 2 heterocycles. The highest BCUT2D eigenvalue weighted by molar-refractivity contribution is 6.32. The Balaban J connectivity index is 1.56. The number of nitrogens with zero attached hydrogens (tertiary/aromatic N) is 2. The third-order valence-electron chi connectivity index (χ3n) is 3.93. The zero-order valence-corrected chi connectivity index (χ0v) is 15.0. The number of hydrogen-bond acceptors (Lipinski definition) is 4. The monoisotopic (exact) mass is 377 g/mol. The van der Waals surface area contributed by atoms with Crippen molar-refractivity contribution in [2.75, 3.05) is 0 Å². The number of aryl methyl sites for hydroxylation is 1. The minimum atomic E-state index is -0.442. The number of carbonyl (C=O) groups is 1. The summed E-state index contributed by atoms with van der Waals surface area (Å²) in [5.41, 5.74) is 1.91. The van der Waals surface area contributed by atoms with Gasteiger partial charge in [0.05, 0.1) is 11.2 Å². The number of ether oxygens (including phenoxy) is 1. The second kappa shape index (κ2) is 7.61. The Bertz CT molecular complexity index is 936. The molecule has 0 aliphatic heterocycles. The van der Waals surface area contributed by atoms with Gasteiger partial charge in [-0.05, 0) is 37.3 Å². The molecule has 0 fully saturated rings. The van der Waals surface area contributed by atoms with Crippen LogP contribution in [-0.4, -0.2) is 15.7 Å². The fourth-order valence-electron chi connectivity index (χ4n) is 2.30. The Hall–Kier alpha value is -2.80. The summed E-state index contributed by atoms with van der Waals surface area (Å²) in [6.45, 7) is 2.36. The zero-order chi connectivity index (χ0) is 18.7. The van der Waals surface area contributed by atoms with Crippen molar-refractivity contribution in [3.8, 4) is 5.75 Å². The van der Waals surface area contributed by atoms with Crippen LogP contribution in [0.5, 0.6) is 5.75 Å². The van der Waals surface area contributed by atoms with E-state index in [0.29, 0.717) is 18.1 Å². The normalized spacial score (nSPS) is 10.8. The summed E-state index contributed by atoms with van der Waals surface area (Å²) >= 11 is 5.90. The van der Waals surface area contributed by atoms with E-state index in [1.54, 1.807) is 23.0 Å². The molecule has 136 valence electrons. The molecule has 0 radical (unpaired) electrons. The number of amides is 1. The van der Waals surface area contributed by atoms with Gasteiger partial charge in [0.25, 0.3) is 5.91 Å². The molecule has 0 aliphatic carbocycles. The maximum Gasteiger partial charge on any atom is 0.287 e. The topological polar surface area (TPSA) is 69.3 Å². The van der Waals surface area contributed by atoms with Crippen molar-refractivity contribution in [2.45, 2.75) is 20.1 Å². The zero-order valence-electron chi connectivity index (χ0n) is 14.3. The summed E-state index contributed by atoms with van der Waals surface area (Å²) in [4.78, 5) is 12.2. The van der Waals surface area contributed by atoms with Crippen molar-refractivity contribution in [3.05, 3.63) is 70.1 Å². The van der Waals surface area contributed by atoms with E-state index in [9.17, 15) is 9.18 Å². The van der Waals surface area contributed by atoms with Gasteiger partial charge >= 0.3 is 0 Å². The Morgan fingerprint density at radius 2 is 2.19 bits per heavy atom. The van der Waals surface area contributed by atoms with Crippen molar-refractivity contribution in [1.82, 2.24) is 15.1 Å². The summed E-state index contributed by atoms with van der Waals surface area (Å²) < 4.78 is 25.7. The average Bonchev–Trinajstić information content (AvgIpc) is 3.20. The maximum atomic E-state index is 13.0. The molecular weight excluding hydrogens is 361 g/mol. The second-order valence-electron chi connectivity index (χ2n) is 5.69. The summed E-state index contributed by atoms with van der Waals surface area (Å²) in [5, 5.41) is 7.08. The number of nitrogens with one attached hydrogen (secondary N) is 1. The molecule has 3 rings (SSSR count). The molecule has 1 aromatic carbocycles. The quantitative estimate of drug-likeness (QED) is 0.712. The third kappa shape index (κ3) is 4.05. The molecular formula is C18H17ClFN3O3. The highest BCUT2D eigenvalue weighted by atomic mass is 35.5. The van der Waals surface area contributed by atoms with Crippen LogP contribution in [0.4, 0.5) is 4.39 Å². The third-order valence-corrected chi connectivity index (χ3v) is 4.22. The Morgan fingerprint density at radius 3 is 2.88 bits per heavy atom. The van der Waals surface area contributed by atoms with E-state index in [0.717, 1.165) is 11.3 Å². The van der Waals surface area contributed by atoms with Gasteiger partial charge in [0.15, 0.2) is 5.76 Å². The van der Waals surface area contributed by atoms with Gasteiger partial charge in [-0.2, -0.15) is 5.10 Å². The lowest BCUT2D eigenvalue weighted by Crippen LogP contribution is -2.22. The first-order valence-electron chi connectivity index (χ1n) is 7.86.